The SMILES string of the molecule is CCC(C)(C)c1ccc(OCCCCNC(=S)NCc2ccco2)c(C(C)(C)CC)c1. The third kappa shape index (κ3) is 7.57. The van der Waals surface area contributed by atoms with Gasteiger partial charge in [-0.15, -0.1) is 0 Å². The summed E-state index contributed by atoms with van der Waals surface area (Å²) in [7, 11) is 0. The van der Waals surface area contributed by atoms with Crippen molar-refractivity contribution in [1.82, 2.24) is 10.6 Å². The molecule has 0 saturated carbocycles. The van der Waals surface area contributed by atoms with Gasteiger partial charge in [0.2, 0.25) is 0 Å². The molecule has 0 saturated heterocycles. The standard InChI is InChI=1S/C26H40N2O2S/c1-7-25(3,4)20-13-14-23(22(18-20)26(5,6)8-2)30-16-10-9-15-27-24(31)28-19-21-12-11-17-29-21/h11-14,17-18H,7-10,15-16,19H2,1-6H3,(H2,27,28,31). The van der Waals surface area contributed by atoms with E-state index in [0.717, 1.165) is 43.7 Å². The molecule has 2 N–H and O–H groups in total. The van der Waals surface area contributed by atoms with Gasteiger partial charge in [-0.3, -0.25) is 0 Å². The van der Waals surface area contributed by atoms with E-state index in [-0.39, 0.29) is 10.8 Å². The molecule has 1 aromatic heterocycles. The number of hydrogen-bond donors (Lipinski definition) is 2. The van der Waals surface area contributed by atoms with Gasteiger partial charge in [0.1, 0.15) is 11.5 Å². The van der Waals surface area contributed by atoms with Crippen LogP contribution in [0, 0.1) is 0 Å². The Hall–Kier alpha value is -2.01. The molecule has 5 heteroatoms. The second-order valence-corrected chi connectivity index (χ2v) is 9.84. The third-order valence-electron chi connectivity index (χ3n) is 6.38. The predicted octanol–water partition coefficient (Wildman–Crippen LogP) is 6.48. The van der Waals surface area contributed by atoms with E-state index in [4.69, 9.17) is 21.4 Å². The number of rotatable bonds is 12. The van der Waals surface area contributed by atoms with E-state index in [0.29, 0.717) is 18.3 Å². The summed E-state index contributed by atoms with van der Waals surface area (Å²) in [6.07, 6.45) is 5.83. The first-order valence-electron chi connectivity index (χ1n) is 11.5. The van der Waals surface area contributed by atoms with Crippen LogP contribution in [0.2, 0.25) is 0 Å². The fourth-order valence-electron chi connectivity index (χ4n) is 3.25. The van der Waals surface area contributed by atoms with Crippen molar-refractivity contribution >= 4 is 17.3 Å². The first kappa shape index (κ1) is 25.3. The lowest BCUT2D eigenvalue weighted by atomic mass is 9.76. The number of ether oxygens (including phenoxy) is 1. The maximum atomic E-state index is 6.24. The van der Waals surface area contributed by atoms with Gasteiger partial charge in [0.25, 0.3) is 0 Å². The van der Waals surface area contributed by atoms with Gasteiger partial charge < -0.3 is 19.8 Å². The molecule has 0 aliphatic heterocycles. The smallest absolute Gasteiger partial charge is 0.166 e. The first-order chi connectivity index (χ1) is 14.7. The van der Waals surface area contributed by atoms with Crippen LogP contribution in [0.4, 0.5) is 0 Å². The summed E-state index contributed by atoms with van der Waals surface area (Å²) in [6.45, 7) is 15.9. The highest BCUT2D eigenvalue weighted by molar-refractivity contribution is 7.80. The summed E-state index contributed by atoms with van der Waals surface area (Å²) < 4.78 is 11.5. The molecule has 0 amide bonds. The van der Waals surface area contributed by atoms with Gasteiger partial charge in [0, 0.05) is 12.1 Å². The van der Waals surface area contributed by atoms with Gasteiger partial charge >= 0.3 is 0 Å². The second kappa shape index (κ2) is 11.6. The molecule has 0 spiro atoms. The number of nitrogens with one attached hydrogen (secondary N) is 2. The molecule has 2 rings (SSSR count). The highest BCUT2D eigenvalue weighted by atomic mass is 32.1. The molecular weight excluding hydrogens is 404 g/mol. The Balaban J connectivity index is 1.82. The number of unbranched alkanes of at least 4 members (excludes halogenated alkanes) is 1. The van der Waals surface area contributed by atoms with Crippen LogP contribution in [0.3, 0.4) is 0 Å². The maximum absolute atomic E-state index is 6.24. The van der Waals surface area contributed by atoms with Gasteiger partial charge in [0.05, 0.1) is 19.4 Å². The van der Waals surface area contributed by atoms with E-state index in [1.165, 1.54) is 11.1 Å². The summed E-state index contributed by atoms with van der Waals surface area (Å²) in [5.41, 5.74) is 2.96. The lowest BCUT2D eigenvalue weighted by molar-refractivity contribution is 0.296. The Bertz CT molecular complexity index is 813. The molecule has 0 bridgehead atoms. The minimum atomic E-state index is 0.0859. The second-order valence-electron chi connectivity index (χ2n) is 9.43. The lowest BCUT2D eigenvalue weighted by Gasteiger charge is -2.30. The van der Waals surface area contributed by atoms with Crippen molar-refractivity contribution in [1.29, 1.82) is 0 Å². The van der Waals surface area contributed by atoms with Crippen molar-refractivity contribution in [2.24, 2.45) is 0 Å². The van der Waals surface area contributed by atoms with Crippen LogP contribution in [-0.2, 0) is 17.4 Å². The zero-order chi connectivity index (χ0) is 22.9. The van der Waals surface area contributed by atoms with Crippen molar-refractivity contribution in [3.63, 3.8) is 0 Å². The number of furan rings is 1. The van der Waals surface area contributed by atoms with Crippen molar-refractivity contribution in [2.45, 2.75) is 84.6 Å². The molecule has 31 heavy (non-hydrogen) atoms. The van der Waals surface area contributed by atoms with Gasteiger partial charge in [-0.05, 0) is 72.5 Å². The quantitative estimate of drug-likeness (QED) is 0.290. The zero-order valence-corrected chi connectivity index (χ0v) is 21.0. The number of thiocarbonyl (C=S) groups is 1. The topological polar surface area (TPSA) is 46.4 Å². The van der Waals surface area contributed by atoms with Crippen LogP contribution in [-0.4, -0.2) is 18.3 Å². The van der Waals surface area contributed by atoms with Crippen LogP contribution in [0.1, 0.15) is 84.1 Å². The van der Waals surface area contributed by atoms with Gasteiger partial charge in [0.15, 0.2) is 5.11 Å². The minimum Gasteiger partial charge on any atom is -0.493 e. The third-order valence-corrected chi connectivity index (χ3v) is 6.66. The van der Waals surface area contributed by atoms with Gasteiger partial charge in [-0.25, -0.2) is 0 Å². The monoisotopic (exact) mass is 444 g/mol. The molecular formula is C26H40N2O2S. The van der Waals surface area contributed by atoms with E-state index < -0.39 is 0 Å². The van der Waals surface area contributed by atoms with Crippen LogP contribution < -0.4 is 15.4 Å². The lowest BCUT2D eigenvalue weighted by Crippen LogP contribution is -2.35. The molecule has 1 heterocycles. The molecule has 2 aromatic rings. The van der Waals surface area contributed by atoms with Crippen molar-refractivity contribution < 1.29 is 9.15 Å². The maximum Gasteiger partial charge on any atom is 0.166 e. The minimum absolute atomic E-state index is 0.0859. The fraction of sp³-hybridized carbons (Fsp3) is 0.577. The molecule has 172 valence electrons. The molecule has 0 unspecified atom stereocenters. The fourth-order valence-corrected chi connectivity index (χ4v) is 3.43. The number of hydrogen-bond acceptors (Lipinski definition) is 3. The Morgan fingerprint density at radius 2 is 1.74 bits per heavy atom. The summed E-state index contributed by atoms with van der Waals surface area (Å²) in [5, 5.41) is 7.04. The van der Waals surface area contributed by atoms with E-state index in [9.17, 15) is 0 Å². The molecule has 0 aliphatic rings. The summed E-state index contributed by atoms with van der Waals surface area (Å²) in [6, 6.07) is 10.6. The Kier molecular flexibility index (Phi) is 9.42. The summed E-state index contributed by atoms with van der Waals surface area (Å²) >= 11 is 5.31. The van der Waals surface area contributed by atoms with E-state index in [1.54, 1.807) is 6.26 Å². The normalized spacial score (nSPS) is 11.9. The Morgan fingerprint density at radius 1 is 1.00 bits per heavy atom. The van der Waals surface area contributed by atoms with Crippen molar-refractivity contribution in [3.8, 4) is 5.75 Å². The Morgan fingerprint density at radius 3 is 2.39 bits per heavy atom. The molecule has 1 aromatic carbocycles. The largest absolute Gasteiger partial charge is 0.493 e. The van der Waals surface area contributed by atoms with Crippen molar-refractivity contribution in [3.05, 3.63) is 53.5 Å². The zero-order valence-electron chi connectivity index (χ0n) is 20.1. The Labute approximate surface area is 194 Å². The van der Waals surface area contributed by atoms with Crippen LogP contribution in [0.15, 0.2) is 41.0 Å². The highest BCUT2D eigenvalue weighted by Crippen LogP contribution is 2.38. The highest BCUT2D eigenvalue weighted by Gasteiger charge is 2.26. The van der Waals surface area contributed by atoms with E-state index in [2.05, 4.69) is 70.4 Å². The first-order valence-corrected chi connectivity index (χ1v) is 11.9. The molecule has 4 nitrogen and oxygen atoms in total. The van der Waals surface area contributed by atoms with Crippen molar-refractivity contribution in [2.75, 3.05) is 13.2 Å². The van der Waals surface area contributed by atoms with Crippen LogP contribution >= 0.6 is 12.2 Å². The number of benzene rings is 1. The molecule has 0 atom stereocenters. The van der Waals surface area contributed by atoms with Crippen LogP contribution in [0.25, 0.3) is 0 Å². The van der Waals surface area contributed by atoms with Gasteiger partial charge in [-0.2, -0.15) is 0 Å². The molecule has 0 radical (unpaired) electrons. The molecule has 0 aliphatic carbocycles. The average molecular weight is 445 g/mol. The van der Waals surface area contributed by atoms with Crippen LogP contribution in [0.5, 0.6) is 5.75 Å². The predicted molar refractivity (Wildman–Crippen MR) is 134 cm³/mol. The summed E-state index contributed by atoms with van der Waals surface area (Å²) in [4.78, 5) is 0. The van der Waals surface area contributed by atoms with E-state index >= 15 is 0 Å². The van der Waals surface area contributed by atoms with E-state index in [1.807, 2.05) is 12.1 Å². The summed E-state index contributed by atoms with van der Waals surface area (Å²) in [5.74, 6) is 1.89. The van der Waals surface area contributed by atoms with Gasteiger partial charge in [-0.1, -0.05) is 53.7 Å². The average Bonchev–Trinajstić information content (AvgIpc) is 3.28. The molecule has 0 fully saturated rings.